The molecule has 8 heteroatoms. The lowest BCUT2D eigenvalue weighted by molar-refractivity contribution is -0.108. The molecule has 30 heavy (non-hydrogen) atoms. The number of fused-ring (bicyclic) bond motifs is 1. The zero-order valence-corrected chi connectivity index (χ0v) is 17.7. The molecule has 0 aromatic heterocycles. The highest BCUT2D eigenvalue weighted by molar-refractivity contribution is 6.35. The van der Waals surface area contributed by atoms with Gasteiger partial charge in [-0.1, -0.05) is 46.9 Å². The van der Waals surface area contributed by atoms with Gasteiger partial charge >= 0.3 is 0 Å². The molecule has 0 aliphatic carbocycles. The van der Waals surface area contributed by atoms with Crippen molar-refractivity contribution in [1.29, 1.82) is 0 Å². The van der Waals surface area contributed by atoms with Gasteiger partial charge in [-0.25, -0.2) is 9.38 Å². The third-order valence-corrected chi connectivity index (χ3v) is 5.73. The lowest BCUT2D eigenvalue weighted by atomic mass is 9.98. The summed E-state index contributed by atoms with van der Waals surface area (Å²) in [6.07, 6.45) is 0.772. The third kappa shape index (κ3) is 3.70. The molecule has 0 saturated heterocycles. The first-order chi connectivity index (χ1) is 14.4. The van der Waals surface area contributed by atoms with Crippen LogP contribution in [0.25, 0.3) is 0 Å². The Labute approximate surface area is 187 Å². The molecular weight excluding hydrogens is 448 g/mol. The van der Waals surface area contributed by atoms with Gasteiger partial charge in [-0.05, 0) is 48.0 Å². The van der Waals surface area contributed by atoms with E-state index >= 15 is 0 Å². The van der Waals surface area contributed by atoms with E-state index in [4.69, 9.17) is 45.5 Å². The highest BCUT2D eigenvalue weighted by Crippen LogP contribution is 2.41. The summed E-state index contributed by atoms with van der Waals surface area (Å²) in [7, 11) is 0. The summed E-state index contributed by atoms with van der Waals surface area (Å²) in [6, 6.07) is 14.0. The van der Waals surface area contributed by atoms with Crippen molar-refractivity contribution in [3.8, 4) is 0 Å². The molecule has 0 spiro atoms. The minimum absolute atomic E-state index is 0.0211. The fourth-order valence-corrected chi connectivity index (χ4v) is 3.90. The fraction of sp³-hybridized carbons (Fsp3) is 0.0909. The van der Waals surface area contributed by atoms with Crippen LogP contribution in [0.4, 0.5) is 15.8 Å². The topological polar surface area (TPSA) is 58.7 Å². The minimum Gasteiger partial charge on any atom is -0.326 e. The zero-order chi connectivity index (χ0) is 21.4. The van der Waals surface area contributed by atoms with Crippen molar-refractivity contribution < 1.29 is 9.18 Å². The molecule has 3 aromatic carbocycles. The van der Waals surface area contributed by atoms with Gasteiger partial charge in [-0.3, -0.25) is 0 Å². The number of amidine groups is 1. The molecule has 1 aliphatic rings. The van der Waals surface area contributed by atoms with Crippen LogP contribution in [0.5, 0.6) is 0 Å². The molecule has 4 rings (SSSR count). The minimum atomic E-state index is -0.775. The smallest absolute Gasteiger partial charge is 0.147 e. The Morgan fingerprint density at radius 1 is 1.03 bits per heavy atom. The molecule has 1 aliphatic heterocycles. The van der Waals surface area contributed by atoms with Gasteiger partial charge in [-0.2, -0.15) is 0 Å². The van der Waals surface area contributed by atoms with Crippen LogP contribution >= 0.6 is 34.8 Å². The number of carbonyl (C=O) groups is 1. The summed E-state index contributed by atoms with van der Waals surface area (Å²) in [4.78, 5) is 18.6. The van der Waals surface area contributed by atoms with Gasteiger partial charge in [-0.15, -0.1) is 0 Å². The van der Waals surface area contributed by atoms with Gasteiger partial charge in [0, 0.05) is 28.4 Å². The van der Waals surface area contributed by atoms with Crippen molar-refractivity contribution in [3.05, 3.63) is 92.2 Å². The molecule has 0 amide bonds. The number of nitrogens with two attached hydrogens (primary N) is 1. The predicted octanol–water partition coefficient (Wildman–Crippen LogP) is 6.08. The standard InChI is InChI=1S/C22H15Cl3FN3O/c23-13-2-4-15-20(8-13)28-22(16-7-12(10-27)1-5-17(16)24)29(21(15)11-30)14-3-6-18(25)19(26)9-14/h1-9,11,21H,10,27H2. The number of halogens is 4. The summed E-state index contributed by atoms with van der Waals surface area (Å²) >= 11 is 18.5. The number of aliphatic imine (C=N–C) groups is 1. The third-order valence-electron chi connectivity index (χ3n) is 4.86. The van der Waals surface area contributed by atoms with Crippen LogP contribution in [0, 0.1) is 5.82 Å². The first-order valence-corrected chi connectivity index (χ1v) is 10.1. The molecule has 1 atom stereocenters. The largest absolute Gasteiger partial charge is 0.326 e. The molecule has 0 saturated carbocycles. The molecule has 0 bridgehead atoms. The average Bonchev–Trinajstić information content (AvgIpc) is 2.74. The van der Waals surface area contributed by atoms with Crippen molar-refractivity contribution in [2.24, 2.45) is 10.7 Å². The second-order valence-electron chi connectivity index (χ2n) is 6.71. The van der Waals surface area contributed by atoms with Crippen LogP contribution in [0.2, 0.25) is 15.1 Å². The van der Waals surface area contributed by atoms with Crippen LogP contribution in [-0.4, -0.2) is 12.1 Å². The highest BCUT2D eigenvalue weighted by Gasteiger charge is 2.33. The quantitative estimate of drug-likeness (QED) is 0.478. The van der Waals surface area contributed by atoms with Crippen LogP contribution in [0.3, 0.4) is 0 Å². The van der Waals surface area contributed by atoms with Crippen molar-refractivity contribution in [2.45, 2.75) is 12.6 Å². The number of hydrogen-bond acceptors (Lipinski definition) is 4. The Hall–Kier alpha value is -2.44. The normalized spacial score (nSPS) is 15.6. The van der Waals surface area contributed by atoms with Crippen LogP contribution in [0.15, 0.2) is 59.6 Å². The highest BCUT2D eigenvalue weighted by atomic mass is 35.5. The maximum Gasteiger partial charge on any atom is 0.147 e. The summed E-state index contributed by atoms with van der Waals surface area (Å²) in [5.41, 5.74) is 8.77. The Kier molecular flexibility index (Phi) is 5.80. The molecule has 152 valence electrons. The lowest BCUT2D eigenvalue weighted by Crippen LogP contribution is -2.39. The van der Waals surface area contributed by atoms with Crippen LogP contribution in [0.1, 0.15) is 22.7 Å². The van der Waals surface area contributed by atoms with E-state index in [1.165, 1.54) is 12.1 Å². The number of carbonyl (C=O) groups excluding carboxylic acids is 1. The van der Waals surface area contributed by atoms with E-state index in [1.807, 2.05) is 6.07 Å². The van der Waals surface area contributed by atoms with Crippen LogP contribution < -0.4 is 10.6 Å². The Morgan fingerprint density at radius 3 is 2.50 bits per heavy atom. The van der Waals surface area contributed by atoms with Gasteiger partial charge in [0.1, 0.15) is 24.0 Å². The number of anilines is 1. The van der Waals surface area contributed by atoms with Crippen molar-refractivity contribution in [1.82, 2.24) is 0 Å². The Morgan fingerprint density at radius 2 is 1.80 bits per heavy atom. The molecule has 0 radical (unpaired) electrons. The zero-order valence-electron chi connectivity index (χ0n) is 15.4. The van der Waals surface area contributed by atoms with E-state index in [9.17, 15) is 9.18 Å². The molecule has 1 heterocycles. The Balaban J connectivity index is 2.01. The summed E-state index contributed by atoms with van der Waals surface area (Å²) in [5, 5.41) is 0.877. The first-order valence-electron chi connectivity index (χ1n) is 8.99. The second kappa shape index (κ2) is 8.36. The number of rotatable bonds is 4. The van der Waals surface area contributed by atoms with E-state index in [-0.39, 0.29) is 5.02 Å². The number of nitrogens with zero attached hydrogens (tertiary/aromatic N) is 2. The number of aldehydes is 1. The van der Waals surface area contributed by atoms with Gasteiger partial charge in [0.05, 0.1) is 15.7 Å². The maximum absolute atomic E-state index is 14.3. The second-order valence-corrected chi connectivity index (χ2v) is 7.96. The molecule has 3 aromatic rings. The average molecular weight is 463 g/mol. The van der Waals surface area contributed by atoms with Gasteiger partial charge in [0.25, 0.3) is 0 Å². The maximum atomic E-state index is 14.3. The monoisotopic (exact) mass is 461 g/mol. The molecule has 1 unspecified atom stereocenters. The number of hydrogen-bond donors (Lipinski definition) is 1. The predicted molar refractivity (Wildman–Crippen MR) is 120 cm³/mol. The van der Waals surface area contributed by atoms with E-state index < -0.39 is 11.9 Å². The number of benzene rings is 3. The van der Waals surface area contributed by atoms with Gasteiger partial charge < -0.3 is 15.4 Å². The molecule has 2 N–H and O–H groups in total. The van der Waals surface area contributed by atoms with Gasteiger partial charge in [0.2, 0.25) is 0 Å². The fourth-order valence-electron chi connectivity index (χ4n) is 3.42. The van der Waals surface area contributed by atoms with E-state index in [2.05, 4.69) is 0 Å². The van der Waals surface area contributed by atoms with E-state index in [0.717, 1.165) is 11.8 Å². The molecule has 4 nitrogen and oxygen atoms in total. The Bertz CT molecular complexity index is 1180. The van der Waals surface area contributed by atoms with E-state index in [1.54, 1.807) is 41.3 Å². The molecule has 0 fully saturated rings. The van der Waals surface area contributed by atoms with E-state index in [0.29, 0.717) is 44.9 Å². The van der Waals surface area contributed by atoms with Crippen LogP contribution in [-0.2, 0) is 11.3 Å². The SMILES string of the molecule is NCc1ccc(Cl)c(C2=Nc3cc(Cl)ccc3C(C=O)N2c2ccc(Cl)c(F)c2)c1. The van der Waals surface area contributed by atoms with Crippen molar-refractivity contribution in [2.75, 3.05) is 4.90 Å². The van der Waals surface area contributed by atoms with Crippen molar-refractivity contribution in [3.63, 3.8) is 0 Å². The van der Waals surface area contributed by atoms with Gasteiger partial charge in [0.15, 0.2) is 0 Å². The lowest BCUT2D eigenvalue weighted by Gasteiger charge is -2.36. The first kappa shape index (κ1) is 20.8. The summed E-state index contributed by atoms with van der Waals surface area (Å²) in [5.74, 6) is -0.231. The summed E-state index contributed by atoms with van der Waals surface area (Å²) < 4.78 is 14.3. The van der Waals surface area contributed by atoms with Crippen molar-refractivity contribution >= 4 is 58.3 Å². The summed E-state index contributed by atoms with van der Waals surface area (Å²) in [6.45, 7) is 0.298. The molecular formula is C22H15Cl3FN3O.